The first-order valence-electron chi connectivity index (χ1n) is 6.27. The molecule has 0 aliphatic rings. The maximum absolute atomic E-state index is 11.9. The van der Waals surface area contributed by atoms with Gasteiger partial charge in [0.15, 0.2) is 0 Å². The molecule has 0 atom stereocenters. The van der Waals surface area contributed by atoms with Crippen LogP contribution in [-0.4, -0.2) is 13.0 Å². The molecule has 20 heavy (non-hydrogen) atoms. The predicted octanol–water partition coefficient (Wildman–Crippen LogP) is 3.84. The number of ether oxygens (including phenoxy) is 1. The summed E-state index contributed by atoms with van der Waals surface area (Å²) in [6.45, 7) is 1.92. The average Bonchev–Trinajstić information content (AvgIpc) is 2.44. The molecule has 2 aromatic rings. The summed E-state index contributed by atoms with van der Waals surface area (Å²) >= 11 is 6.03. The van der Waals surface area contributed by atoms with Gasteiger partial charge in [0.2, 0.25) is 5.91 Å². The van der Waals surface area contributed by atoms with E-state index in [1.807, 2.05) is 43.3 Å². The fourth-order valence-electron chi connectivity index (χ4n) is 1.80. The van der Waals surface area contributed by atoms with Gasteiger partial charge in [-0.3, -0.25) is 4.79 Å². The lowest BCUT2D eigenvalue weighted by Gasteiger charge is -2.07. The number of rotatable bonds is 4. The Hall–Kier alpha value is -2.00. The Balaban J connectivity index is 1.99. The minimum atomic E-state index is -0.0740. The van der Waals surface area contributed by atoms with Gasteiger partial charge >= 0.3 is 0 Å². The number of methoxy groups -OCH3 is 1. The van der Waals surface area contributed by atoms with Crippen LogP contribution in [-0.2, 0) is 11.2 Å². The molecule has 1 N–H and O–H groups in total. The molecule has 0 fully saturated rings. The molecule has 0 aromatic heterocycles. The maximum Gasteiger partial charge on any atom is 0.228 e. The summed E-state index contributed by atoms with van der Waals surface area (Å²) in [6.07, 6.45) is 0.315. The highest BCUT2D eigenvalue weighted by Crippen LogP contribution is 2.20. The number of anilines is 1. The molecule has 4 heteroatoms. The number of hydrogen-bond donors (Lipinski definition) is 1. The number of nitrogens with one attached hydrogen (secondary N) is 1. The number of amides is 1. The van der Waals surface area contributed by atoms with E-state index in [-0.39, 0.29) is 5.91 Å². The van der Waals surface area contributed by atoms with Gasteiger partial charge in [0.05, 0.1) is 13.5 Å². The van der Waals surface area contributed by atoms with Crippen LogP contribution in [0, 0.1) is 6.92 Å². The summed E-state index contributed by atoms with van der Waals surface area (Å²) < 4.78 is 5.08. The number of benzene rings is 2. The molecule has 0 bridgehead atoms. The highest BCUT2D eigenvalue weighted by atomic mass is 35.5. The Morgan fingerprint density at radius 2 is 1.90 bits per heavy atom. The van der Waals surface area contributed by atoms with Gasteiger partial charge < -0.3 is 10.1 Å². The molecular formula is C16H16ClNO2. The first kappa shape index (κ1) is 14.4. The highest BCUT2D eigenvalue weighted by molar-refractivity contribution is 6.31. The lowest BCUT2D eigenvalue weighted by atomic mass is 10.1. The fourth-order valence-corrected chi connectivity index (χ4v) is 1.99. The Labute approximate surface area is 123 Å². The van der Waals surface area contributed by atoms with Gasteiger partial charge in [0.1, 0.15) is 5.75 Å². The van der Waals surface area contributed by atoms with Crippen molar-refractivity contribution in [1.29, 1.82) is 0 Å². The van der Waals surface area contributed by atoms with Gasteiger partial charge in [-0.2, -0.15) is 0 Å². The van der Waals surface area contributed by atoms with Crippen LogP contribution >= 0.6 is 11.6 Å². The van der Waals surface area contributed by atoms with Crippen molar-refractivity contribution >= 4 is 23.2 Å². The molecule has 0 aliphatic carbocycles. The Morgan fingerprint density at radius 1 is 1.20 bits per heavy atom. The molecule has 0 spiro atoms. The maximum atomic E-state index is 11.9. The number of carbonyl (C=O) groups excluding carboxylic acids is 1. The van der Waals surface area contributed by atoms with Crippen LogP contribution in [0.5, 0.6) is 5.75 Å². The topological polar surface area (TPSA) is 38.3 Å². The van der Waals surface area contributed by atoms with Crippen LogP contribution in [0.2, 0.25) is 5.02 Å². The summed E-state index contributed by atoms with van der Waals surface area (Å²) in [4.78, 5) is 11.9. The lowest BCUT2D eigenvalue weighted by molar-refractivity contribution is -0.115. The summed E-state index contributed by atoms with van der Waals surface area (Å²) in [5, 5.41) is 3.48. The van der Waals surface area contributed by atoms with Gasteiger partial charge in [-0.1, -0.05) is 29.8 Å². The van der Waals surface area contributed by atoms with E-state index in [2.05, 4.69) is 5.32 Å². The third-order valence-corrected chi connectivity index (χ3v) is 3.39. The first-order valence-corrected chi connectivity index (χ1v) is 6.65. The molecule has 2 aromatic carbocycles. The second-order valence-corrected chi connectivity index (χ2v) is 4.94. The zero-order valence-electron chi connectivity index (χ0n) is 11.4. The van der Waals surface area contributed by atoms with Crippen molar-refractivity contribution < 1.29 is 9.53 Å². The van der Waals surface area contributed by atoms with Crippen molar-refractivity contribution in [2.45, 2.75) is 13.3 Å². The zero-order chi connectivity index (χ0) is 14.5. The average molecular weight is 290 g/mol. The largest absolute Gasteiger partial charge is 0.497 e. The minimum absolute atomic E-state index is 0.0740. The van der Waals surface area contributed by atoms with E-state index in [0.717, 1.165) is 16.9 Å². The van der Waals surface area contributed by atoms with Crippen molar-refractivity contribution in [3.05, 3.63) is 58.6 Å². The monoisotopic (exact) mass is 289 g/mol. The summed E-state index contributed by atoms with van der Waals surface area (Å²) in [5.41, 5.74) is 2.63. The summed E-state index contributed by atoms with van der Waals surface area (Å²) in [6, 6.07) is 12.9. The van der Waals surface area contributed by atoms with E-state index < -0.39 is 0 Å². The van der Waals surface area contributed by atoms with E-state index >= 15 is 0 Å². The molecule has 0 aliphatic heterocycles. The van der Waals surface area contributed by atoms with E-state index in [0.29, 0.717) is 17.1 Å². The van der Waals surface area contributed by atoms with Crippen LogP contribution in [0.25, 0.3) is 0 Å². The smallest absolute Gasteiger partial charge is 0.228 e. The van der Waals surface area contributed by atoms with Gasteiger partial charge in [0.25, 0.3) is 0 Å². The highest BCUT2D eigenvalue weighted by Gasteiger charge is 2.05. The molecule has 104 valence electrons. The van der Waals surface area contributed by atoms with Crippen LogP contribution in [0.1, 0.15) is 11.1 Å². The van der Waals surface area contributed by atoms with Crippen LogP contribution in [0.4, 0.5) is 5.69 Å². The van der Waals surface area contributed by atoms with Crippen LogP contribution < -0.4 is 10.1 Å². The standard InChI is InChI=1S/C16H16ClNO2/c1-11-3-6-13(10-15(11)17)18-16(19)9-12-4-7-14(20-2)8-5-12/h3-8,10H,9H2,1-2H3,(H,18,19). The second kappa shape index (κ2) is 6.44. The zero-order valence-corrected chi connectivity index (χ0v) is 12.2. The molecular weight excluding hydrogens is 274 g/mol. The Kier molecular flexibility index (Phi) is 4.64. The van der Waals surface area contributed by atoms with E-state index in [1.54, 1.807) is 13.2 Å². The quantitative estimate of drug-likeness (QED) is 0.929. The van der Waals surface area contributed by atoms with Gasteiger partial charge in [0, 0.05) is 10.7 Å². The number of carbonyl (C=O) groups is 1. The van der Waals surface area contributed by atoms with E-state index in [9.17, 15) is 4.79 Å². The number of halogens is 1. The molecule has 0 heterocycles. The molecule has 2 rings (SSSR count). The van der Waals surface area contributed by atoms with Crippen molar-refractivity contribution in [3.8, 4) is 5.75 Å². The third kappa shape index (κ3) is 3.75. The molecule has 0 unspecified atom stereocenters. The van der Waals surface area contributed by atoms with Crippen molar-refractivity contribution in [3.63, 3.8) is 0 Å². The lowest BCUT2D eigenvalue weighted by Crippen LogP contribution is -2.14. The molecule has 3 nitrogen and oxygen atoms in total. The molecule has 0 saturated carbocycles. The van der Waals surface area contributed by atoms with Crippen molar-refractivity contribution in [1.82, 2.24) is 0 Å². The second-order valence-electron chi connectivity index (χ2n) is 4.54. The predicted molar refractivity (Wildman–Crippen MR) is 81.5 cm³/mol. The van der Waals surface area contributed by atoms with Crippen molar-refractivity contribution in [2.24, 2.45) is 0 Å². The summed E-state index contributed by atoms with van der Waals surface area (Å²) in [7, 11) is 1.61. The van der Waals surface area contributed by atoms with Gasteiger partial charge in [-0.25, -0.2) is 0 Å². The van der Waals surface area contributed by atoms with E-state index in [1.165, 1.54) is 0 Å². The molecule has 1 amide bonds. The Bertz CT molecular complexity index is 608. The van der Waals surface area contributed by atoms with Gasteiger partial charge in [-0.15, -0.1) is 0 Å². The van der Waals surface area contributed by atoms with Gasteiger partial charge in [-0.05, 0) is 42.3 Å². The fraction of sp³-hybridized carbons (Fsp3) is 0.188. The molecule has 0 saturated heterocycles. The van der Waals surface area contributed by atoms with Crippen LogP contribution in [0.3, 0.4) is 0 Å². The minimum Gasteiger partial charge on any atom is -0.497 e. The first-order chi connectivity index (χ1) is 9.58. The summed E-state index contributed by atoms with van der Waals surface area (Å²) in [5.74, 6) is 0.703. The van der Waals surface area contributed by atoms with E-state index in [4.69, 9.17) is 16.3 Å². The Morgan fingerprint density at radius 3 is 2.50 bits per heavy atom. The van der Waals surface area contributed by atoms with Crippen LogP contribution in [0.15, 0.2) is 42.5 Å². The number of aryl methyl sites for hydroxylation is 1. The molecule has 0 radical (unpaired) electrons. The normalized spacial score (nSPS) is 10.2. The third-order valence-electron chi connectivity index (χ3n) is 2.98. The van der Waals surface area contributed by atoms with Crippen molar-refractivity contribution in [2.75, 3.05) is 12.4 Å². The SMILES string of the molecule is COc1ccc(CC(=O)Nc2ccc(C)c(Cl)c2)cc1. The number of hydrogen-bond acceptors (Lipinski definition) is 2.